The van der Waals surface area contributed by atoms with Gasteiger partial charge in [-0.25, -0.2) is 9.97 Å². The maximum absolute atomic E-state index is 5.33. The van der Waals surface area contributed by atoms with Crippen LogP contribution in [0.4, 0.5) is 0 Å². The highest BCUT2D eigenvalue weighted by molar-refractivity contribution is 6.12. The zero-order valence-electron chi connectivity index (χ0n) is 29.4. The molecule has 0 saturated carbocycles. The summed E-state index contributed by atoms with van der Waals surface area (Å²) in [6, 6.07) is 58.8. The van der Waals surface area contributed by atoms with Crippen molar-refractivity contribution in [3.8, 4) is 34.0 Å². The Kier molecular flexibility index (Phi) is 6.71. The van der Waals surface area contributed by atoms with Gasteiger partial charge in [-0.05, 0) is 76.7 Å². The SMILES string of the molecule is CC(C)(C)c1ccc(-c2nc(-n3c4ccccc4c4cc(-c5ccc6c(c5)c5ccccc5n6-c5ccccc5)ccc43)nc3ccccc23)cc1. The van der Waals surface area contributed by atoms with Crippen molar-refractivity contribution in [3.05, 3.63) is 169 Å². The molecule has 10 aromatic rings. The summed E-state index contributed by atoms with van der Waals surface area (Å²) in [6.45, 7) is 6.74. The first-order valence-corrected chi connectivity index (χ1v) is 17.9. The van der Waals surface area contributed by atoms with Crippen LogP contribution < -0.4 is 0 Å². The highest BCUT2D eigenvalue weighted by atomic mass is 15.2. The van der Waals surface area contributed by atoms with E-state index in [1.807, 2.05) is 0 Å². The van der Waals surface area contributed by atoms with Gasteiger partial charge in [0.1, 0.15) is 0 Å². The maximum Gasteiger partial charge on any atom is 0.235 e. The van der Waals surface area contributed by atoms with E-state index in [0.717, 1.165) is 38.9 Å². The number of fused-ring (bicyclic) bond motifs is 7. The lowest BCUT2D eigenvalue weighted by atomic mass is 9.86. The molecular formula is C48H36N4. The molecule has 0 unspecified atom stereocenters. The van der Waals surface area contributed by atoms with Crippen LogP contribution in [0.2, 0.25) is 0 Å². The van der Waals surface area contributed by atoms with Gasteiger partial charge in [-0.3, -0.25) is 4.57 Å². The lowest BCUT2D eigenvalue weighted by Gasteiger charge is -2.19. The van der Waals surface area contributed by atoms with E-state index in [1.165, 1.54) is 49.3 Å². The van der Waals surface area contributed by atoms with E-state index in [1.54, 1.807) is 0 Å². The molecule has 0 N–H and O–H groups in total. The van der Waals surface area contributed by atoms with E-state index in [-0.39, 0.29) is 5.41 Å². The van der Waals surface area contributed by atoms with Gasteiger partial charge in [0.15, 0.2) is 0 Å². The van der Waals surface area contributed by atoms with Crippen LogP contribution in [0.15, 0.2) is 164 Å². The molecule has 0 aliphatic heterocycles. The van der Waals surface area contributed by atoms with Crippen molar-refractivity contribution in [3.63, 3.8) is 0 Å². The van der Waals surface area contributed by atoms with Gasteiger partial charge in [0.05, 0.1) is 33.3 Å². The molecule has 0 radical (unpaired) electrons. The Hall–Kier alpha value is -6.52. The number of nitrogens with zero attached hydrogens (tertiary/aromatic N) is 4. The summed E-state index contributed by atoms with van der Waals surface area (Å²) in [5.41, 5.74) is 12.4. The molecule has 7 aromatic carbocycles. The fourth-order valence-electron chi connectivity index (χ4n) is 7.89. The Labute approximate surface area is 302 Å². The molecule has 0 saturated heterocycles. The van der Waals surface area contributed by atoms with Crippen molar-refractivity contribution < 1.29 is 0 Å². The van der Waals surface area contributed by atoms with Crippen molar-refractivity contribution in [2.24, 2.45) is 0 Å². The summed E-state index contributed by atoms with van der Waals surface area (Å²) in [7, 11) is 0. The molecule has 0 aliphatic rings. The number of hydrogen-bond acceptors (Lipinski definition) is 2. The normalized spacial score (nSPS) is 12.1. The van der Waals surface area contributed by atoms with E-state index >= 15 is 0 Å². The summed E-state index contributed by atoms with van der Waals surface area (Å²) in [4.78, 5) is 10.5. The molecule has 0 aliphatic carbocycles. The third-order valence-corrected chi connectivity index (χ3v) is 10.5. The standard InChI is InChI=1S/C48H36N4/c1-48(2,3)34-25-21-31(22-26-34)46-38-17-7-10-18-41(38)49-47(50-46)52-43-20-12-9-16-37(43)40-30-33(24-28-45(40)52)32-23-27-44-39(29-32)36-15-8-11-19-42(36)51(44)35-13-5-4-6-14-35/h4-30H,1-3H3. The van der Waals surface area contributed by atoms with Gasteiger partial charge in [0, 0.05) is 38.2 Å². The first kappa shape index (κ1) is 30.3. The first-order valence-electron chi connectivity index (χ1n) is 17.9. The number of rotatable bonds is 4. The van der Waals surface area contributed by atoms with Gasteiger partial charge in [-0.15, -0.1) is 0 Å². The third-order valence-electron chi connectivity index (χ3n) is 10.5. The van der Waals surface area contributed by atoms with Gasteiger partial charge < -0.3 is 4.57 Å². The molecule has 248 valence electrons. The minimum atomic E-state index is 0.0754. The number of hydrogen-bond donors (Lipinski definition) is 0. The topological polar surface area (TPSA) is 35.6 Å². The smallest absolute Gasteiger partial charge is 0.235 e. The molecular weight excluding hydrogens is 633 g/mol. The van der Waals surface area contributed by atoms with Crippen LogP contribution in [0.1, 0.15) is 26.3 Å². The maximum atomic E-state index is 5.33. The Bertz CT molecular complexity index is 2980. The average Bonchev–Trinajstić information content (AvgIpc) is 3.70. The zero-order valence-corrected chi connectivity index (χ0v) is 29.4. The van der Waals surface area contributed by atoms with E-state index in [9.17, 15) is 0 Å². The van der Waals surface area contributed by atoms with Crippen LogP contribution in [0.5, 0.6) is 0 Å². The third kappa shape index (κ3) is 4.75. The van der Waals surface area contributed by atoms with Crippen molar-refractivity contribution in [1.29, 1.82) is 0 Å². The van der Waals surface area contributed by atoms with Gasteiger partial charge in [0.2, 0.25) is 5.95 Å². The second kappa shape index (κ2) is 11.5. The predicted molar refractivity (Wildman–Crippen MR) is 218 cm³/mol. The average molecular weight is 669 g/mol. The summed E-state index contributed by atoms with van der Waals surface area (Å²) < 4.78 is 4.59. The van der Waals surface area contributed by atoms with Gasteiger partial charge in [-0.2, -0.15) is 0 Å². The molecule has 4 heteroatoms. The highest BCUT2D eigenvalue weighted by Crippen LogP contribution is 2.39. The first-order chi connectivity index (χ1) is 25.4. The molecule has 10 rings (SSSR count). The van der Waals surface area contributed by atoms with Crippen molar-refractivity contribution >= 4 is 54.5 Å². The Morgan fingerprint density at radius 2 is 0.904 bits per heavy atom. The monoisotopic (exact) mass is 668 g/mol. The van der Waals surface area contributed by atoms with Crippen LogP contribution in [0.25, 0.3) is 88.5 Å². The van der Waals surface area contributed by atoms with Crippen LogP contribution in [-0.2, 0) is 5.41 Å². The van der Waals surface area contributed by atoms with Gasteiger partial charge >= 0.3 is 0 Å². The molecule has 0 spiro atoms. The van der Waals surface area contributed by atoms with E-state index in [0.29, 0.717) is 5.95 Å². The van der Waals surface area contributed by atoms with Crippen molar-refractivity contribution in [2.75, 3.05) is 0 Å². The Morgan fingerprint density at radius 3 is 1.54 bits per heavy atom. The van der Waals surface area contributed by atoms with Crippen LogP contribution >= 0.6 is 0 Å². The van der Waals surface area contributed by atoms with Crippen molar-refractivity contribution in [2.45, 2.75) is 26.2 Å². The summed E-state index contributed by atoms with van der Waals surface area (Å²) >= 11 is 0. The van der Waals surface area contributed by atoms with Crippen LogP contribution in [-0.4, -0.2) is 19.1 Å². The second-order valence-corrected chi connectivity index (χ2v) is 14.7. The van der Waals surface area contributed by atoms with Crippen LogP contribution in [0.3, 0.4) is 0 Å². The number of benzene rings is 7. The zero-order chi connectivity index (χ0) is 35.0. The van der Waals surface area contributed by atoms with E-state index in [2.05, 4.69) is 194 Å². The molecule has 3 heterocycles. The fourth-order valence-corrected chi connectivity index (χ4v) is 7.89. The molecule has 52 heavy (non-hydrogen) atoms. The van der Waals surface area contributed by atoms with E-state index < -0.39 is 0 Å². The summed E-state index contributed by atoms with van der Waals surface area (Å²) in [5.74, 6) is 0.669. The van der Waals surface area contributed by atoms with E-state index in [4.69, 9.17) is 9.97 Å². The van der Waals surface area contributed by atoms with Crippen molar-refractivity contribution in [1.82, 2.24) is 19.1 Å². The largest absolute Gasteiger partial charge is 0.309 e. The quantitative estimate of drug-likeness (QED) is 0.187. The molecule has 0 amide bonds. The number of para-hydroxylation sites is 4. The minimum absolute atomic E-state index is 0.0754. The molecule has 3 aromatic heterocycles. The fraction of sp³-hybridized carbons (Fsp3) is 0.0833. The van der Waals surface area contributed by atoms with Gasteiger partial charge in [0.25, 0.3) is 0 Å². The molecule has 0 atom stereocenters. The summed E-state index contributed by atoms with van der Waals surface area (Å²) in [6.07, 6.45) is 0. The van der Waals surface area contributed by atoms with Crippen LogP contribution in [0, 0.1) is 0 Å². The lowest BCUT2D eigenvalue weighted by molar-refractivity contribution is 0.590. The Morgan fingerprint density at radius 1 is 0.404 bits per heavy atom. The molecule has 0 bridgehead atoms. The predicted octanol–water partition coefficient (Wildman–Crippen LogP) is 12.5. The lowest BCUT2D eigenvalue weighted by Crippen LogP contribution is -2.10. The Balaban J connectivity index is 1.15. The highest BCUT2D eigenvalue weighted by Gasteiger charge is 2.20. The second-order valence-electron chi connectivity index (χ2n) is 14.7. The summed E-state index contributed by atoms with van der Waals surface area (Å²) in [5, 5.41) is 5.88. The molecule has 4 nitrogen and oxygen atoms in total. The minimum Gasteiger partial charge on any atom is -0.309 e. The molecule has 0 fully saturated rings. The number of aromatic nitrogens is 4. The van der Waals surface area contributed by atoms with Gasteiger partial charge in [-0.1, -0.05) is 130 Å².